The summed E-state index contributed by atoms with van der Waals surface area (Å²) in [6.45, 7) is 3.19. The summed E-state index contributed by atoms with van der Waals surface area (Å²) in [6.07, 6.45) is 11.5. The fourth-order valence-electron chi connectivity index (χ4n) is 3.88. The van der Waals surface area contributed by atoms with Crippen LogP contribution < -0.4 is 11.1 Å². The number of nitrogens with one attached hydrogen (secondary N) is 1. The van der Waals surface area contributed by atoms with Crippen molar-refractivity contribution in [1.29, 1.82) is 0 Å². The summed E-state index contributed by atoms with van der Waals surface area (Å²) < 4.78 is 0. The Morgan fingerprint density at radius 3 is 2.68 bits per heavy atom. The molecule has 2 saturated carbocycles. The third-order valence-corrected chi connectivity index (χ3v) is 5.03. The molecule has 3 N–H and O–H groups in total. The van der Waals surface area contributed by atoms with Crippen LogP contribution in [0.2, 0.25) is 0 Å². The van der Waals surface area contributed by atoms with E-state index in [4.69, 9.17) is 5.73 Å². The van der Waals surface area contributed by atoms with Gasteiger partial charge in [0.2, 0.25) is 5.91 Å². The van der Waals surface area contributed by atoms with E-state index in [9.17, 15) is 4.79 Å². The molecule has 110 valence electrons. The van der Waals surface area contributed by atoms with E-state index in [-0.39, 0.29) is 11.4 Å². The predicted octanol–water partition coefficient (Wildman–Crippen LogP) is 2.98. The van der Waals surface area contributed by atoms with E-state index in [1.807, 2.05) is 0 Å². The van der Waals surface area contributed by atoms with Gasteiger partial charge in [-0.3, -0.25) is 4.79 Å². The molecule has 0 saturated heterocycles. The Morgan fingerprint density at radius 1 is 1.26 bits per heavy atom. The normalized spacial score (nSPS) is 30.2. The minimum Gasteiger partial charge on any atom is -0.356 e. The van der Waals surface area contributed by atoms with Crippen LogP contribution in [0.1, 0.15) is 71.1 Å². The molecule has 0 heterocycles. The van der Waals surface area contributed by atoms with Gasteiger partial charge in [-0.2, -0.15) is 0 Å². The number of carbonyl (C=O) groups excluding carboxylic acids is 1. The van der Waals surface area contributed by atoms with Crippen LogP contribution >= 0.6 is 0 Å². The van der Waals surface area contributed by atoms with Crippen molar-refractivity contribution in [3.05, 3.63) is 0 Å². The number of carbonyl (C=O) groups is 1. The molecule has 1 amide bonds. The van der Waals surface area contributed by atoms with Crippen LogP contribution in [-0.2, 0) is 4.79 Å². The van der Waals surface area contributed by atoms with Crippen LogP contribution in [0.5, 0.6) is 0 Å². The lowest BCUT2D eigenvalue weighted by atomic mass is 9.81. The zero-order valence-corrected chi connectivity index (χ0v) is 12.4. The Hall–Kier alpha value is -0.570. The maximum atomic E-state index is 11.9. The van der Waals surface area contributed by atoms with Gasteiger partial charge in [-0.15, -0.1) is 0 Å². The molecule has 19 heavy (non-hydrogen) atoms. The lowest BCUT2D eigenvalue weighted by molar-refractivity contribution is -0.122. The molecule has 0 aliphatic heterocycles. The molecule has 0 aromatic heterocycles. The second-order valence-corrected chi connectivity index (χ2v) is 7.02. The zero-order valence-electron chi connectivity index (χ0n) is 12.4. The van der Waals surface area contributed by atoms with E-state index in [0.29, 0.717) is 6.42 Å². The smallest absolute Gasteiger partial charge is 0.221 e. The number of hydrogen-bond donors (Lipinski definition) is 2. The van der Waals surface area contributed by atoms with E-state index in [0.717, 1.165) is 37.6 Å². The summed E-state index contributed by atoms with van der Waals surface area (Å²) in [5.41, 5.74) is 6.03. The first-order chi connectivity index (χ1) is 9.07. The Bertz CT molecular complexity index is 297. The van der Waals surface area contributed by atoms with Gasteiger partial charge in [0.05, 0.1) is 0 Å². The summed E-state index contributed by atoms with van der Waals surface area (Å²) in [6, 6.07) is 0. The summed E-state index contributed by atoms with van der Waals surface area (Å²) >= 11 is 0. The Labute approximate surface area is 117 Å². The minimum absolute atomic E-state index is 0.160. The molecule has 0 radical (unpaired) electrons. The molecule has 2 aliphatic carbocycles. The minimum atomic E-state index is -0.205. The van der Waals surface area contributed by atoms with Crippen LogP contribution in [-0.4, -0.2) is 18.0 Å². The molecular weight excluding hydrogens is 236 g/mol. The highest BCUT2D eigenvalue weighted by atomic mass is 16.1. The van der Waals surface area contributed by atoms with Crippen LogP contribution in [0.4, 0.5) is 0 Å². The van der Waals surface area contributed by atoms with Crippen molar-refractivity contribution in [3.8, 4) is 0 Å². The van der Waals surface area contributed by atoms with Crippen molar-refractivity contribution in [2.75, 3.05) is 6.54 Å². The van der Waals surface area contributed by atoms with Crippen molar-refractivity contribution < 1.29 is 4.79 Å². The van der Waals surface area contributed by atoms with E-state index in [2.05, 4.69) is 12.2 Å². The van der Waals surface area contributed by atoms with Crippen molar-refractivity contribution in [3.63, 3.8) is 0 Å². The summed E-state index contributed by atoms with van der Waals surface area (Å²) in [5, 5.41) is 3.08. The summed E-state index contributed by atoms with van der Waals surface area (Å²) in [7, 11) is 0. The van der Waals surface area contributed by atoms with Crippen molar-refractivity contribution >= 4 is 5.91 Å². The average molecular weight is 266 g/mol. The van der Waals surface area contributed by atoms with Gasteiger partial charge in [0.25, 0.3) is 0 Å². The predicted molar refractivity (Wildman–Crippen MR) is 78.8 cm³/mol. The number of hydrogen-bond acceptors (Lipinski definition) is 2. The molecule has 0 aromatic carbocycles. The first-order valence-electron chi connectivity index (χ1n) is 8.13. The summed E-state index contributed by atoms with van der Waals surface area (Å²) in [5.74, 6) is 1.86. The fourth-order valence-corrected chi connectivity index (χ4v) is 3.88. The van der Waals surface area contributed by atoms with E-state index in [1.54, 1.807) is 0 Å². The van der Waals surface area contributed by atoms with Crippen LogP contribution in [0.15, 0.2) is 0 Å². The van der Waals surface area contributed by atoms with Gasteiger partial charge in [0, 0.05) is 18.5 Å². The lowest BCUT2D eigenvalue weighted by Crippen LogP contribution is -2.42. The van der Waals surface area contributed by atoms with Gasteiger partial charge in [0.15, 0.2) is 0 Å². The highest BCUT2D eigenvalue weighted by Crippen LogP contribution is 2.31. The quantitative estimate of drug-likeness (QED) is 0.803. The zero-order chi connectivity index (χ0) is 13.7. The van der Waals surface area contributed by atoms with E-state index in [1.165, 1.54) is 38.5 Å². The third-order valence-electron chi connectivity index (χ3n) is 5.03. The van der Waals surface area contributed by atoms with E-state index < -0.39 is 0 Å². The Balaban J connectivity index is 1.61. The SMILES string of the molecule is CC1CCCC(CCNC(=O)CC2(N)CCCC2)C1. The molecule has 2 fully saturated rings. The third kappa shape index (κ3) is 4.79. The number of nitrogens with two attached hydrogens (primary N) is 1. The summed E-state index contributed by atoms with van der Waals surface area (Å²) in [4.78, 5) is 11.9. The van der Waals surface area contributed by atoms with E-state index >= 15 is 0 Å². The highest BCUT2D eigenvalue weighted by Gasteiger charge is 2.31. The van der Waals surface area contributed by atoms with Crippen LogP contribution in [0, 0.1) is 11.8 Å². The van der Waals surface area contributed by atoms with Crippen molar-refractivity contribution in [1.82, 2.24) is 5.32 Å². The molecule has 2 atom stereocenters. The molecule has 3 heteroatoms. The van der Waals surface area contributed by atoms with Gasteiger partial charge in [0.1, 0.15) is 0 Å². The molecule has 2 rings (SSSR count). The Kier molecular flexibility index (Phi) is 5.26. The monoisotopic (exact) mass is 266 g/mol. The second kappa shape index (κ2) is 6.74. The molecule has 0 bridgehead atoms. The highest BCUT2D eigenvalue weighted by molar-refractivity contribution is 5.77. The van der Waals surface area contributed by atoms with Gasteiger partial charge < -0.3 is 11.1 Å². The van der Waals surface area contributed by atoms with Gasteiger partial charge >= 0.3 is 0 Å². The standard InChI is InChI=1S/C16H30N2O/c1-13-5-4-6-14(11-13)7-10-18-15(19)12-16(17)8-2-3-9-16/h13-14H,2-12,17H2,1H3,(H,18,19). The topological polar surface area (TPSA) is 55.1 Å². The first kappa shape index (κ1) is 14.8. The van der Waals surface area contributed by atoms with Crippen molar-refractivity contribution in [2.24, 2.45) is 17.6 Å². The number of rotatable bonds is 5. The molecule has 0 spiro atoms. The molecule has 0 aromatic rings. The fraction of sp³-hybridized carbons (Fsp3) is 0.938. The van der Waals surface area contributed by atoms with Gasteiger partial charge in [-0.05, 0) is 37.5 Å². The maximum Gasteiger partial charge on any atom is 0.221 e. The maximum absolute atomic E-state index is 11.9. The van der Waals surface area contributed by atoms with Gasteiger partial charge in [-0.1, -0.05) is 39.0 Å². The molecule has 2 aliphatic rings. The second-order valence-electron chi connectivity index (χ2n) is 7.02. The number of amides is 1. The molecule has 3 nitrogen and oxygen atoms in total. The average Bonchev–Trinajstić information content (AvgIpc) is 2.75. The van der Waals surface area contributed by atoms with Gasteiger partial charge in [-0.25, -0.2) is 0 Å². The van der Waals surface area contributed by atoms with Crippen LogP contribution in [0.25, 0.3) is 0 Å². The lowest BCUT2D eigenvalue weighted by Gasteiger charge is -2.27. The molecule has 2 unspecified atom stereocenters. The van der Waals surface area contributed by atoms with Crippen LogP contribution in [0.3, 0.4) is 0 Å². The van der Waals surface area contributed by atoms with Crippen molar-refractivity contribution in [2.45, 2.75) is 76.7 Å². The molecular formula is C16H30N2O. The first-order valence-corrected chi connectivity index (χ1v) is 8.13. The largest absolute Gasteiger partial charge is 0.356 e. The Morgan fingerprint density at radius 2 is 2.00 bits per heavy atom.